The number of nitrogens with zero attached hydrogens (tertiary/aromatic N) is 4. The largest absolute Gasteiger partial charge is 0.350 e. The number of aromatic nitrogens is 5. The summed E-state index contributed by atoms with van der Waals surface area (Å²) >= 11 is 6.02. The molecule has 0 radical (unpaired) electrons. The van der Waals surface area contributed by atoms with Crippen LogP contribution in [0.15, 0.2) is 6.20 Å². The van der Waals surface area contributed by atoms with Crippen molar-refractivity contribution in [1.82, 2.24) is 30.5 Å². The summed E-state index contributed by atoms with van der Waals surface area (Å²) in [6.45, 7) is 2.22. The Balaban J connectivity index is 1.95. The highest BCUT2D eigenvalue weighted by Crippen LogP contribution is 2.18. The molecule has 2 heterocycles. The molecule has 2 aromatic heterocycles. The van der Waals surface area contributed by atoms with E-state index in [4.69, 9.17) is 11.6 Å². The minimum Gasteiger partial charge on any atom is -0.350 e. The quantitative estimate of drug-likeness (QED) is 0.844. The van der Waals surface area contributed by atoms with Gasteiger partial charge < -0.3 is 5.32 Å². The number of H-pyrrole nitrogens is 1. The van der Waals surface area contributed by atoms with Crippen molar-refractivity contribution in [2.24, 2.45) is 7.05 Å². The maximum Gasteiger partial charge on any atom is 0.271 e. The lowest BCUT2D eigenvalue weighted by Crippen LogP contribution is -2.28. The first-order chi connectivity index (χ1) is 8.59. The number of nitrogens with one attached hydrogen (secondary N) is 2. The molecular formula is C10H13ClN6O. The van der Waals surface area contributed by atoms with Crippen molar-refractivity contribution in [2.45, 2.75) is 13.3 Å². The molecule has 0 aliphatic heterocycles. The highest BCUT2D eigenvalue weighted by atomic mass is 35.5. The third-order valence-corrected chi connectivity index (χ3v) is 2.95. The summed E-state index contributed by atoms with van der Waals surface area (Å²) in [6.07, 6.45) is 2.23. The predicted octanol–water partition coefficient (Wildman–Crippen LogP) is 0.473. The van der Waals surface area contributed by atoms with E-state index in [9.17, 15) is 4.79 Å². The van der Waals surface area contributed by atoms with Gasteiger partial charge in [0.2, 0.25) is 0 Å². The fraction of sp³-hybridized carbons (Fsp3) is 0.400. The zero-order valence-electron chi connectivity index (χ0n) is 10.1. The van der Waals surface area contributed by atoms with Gasteiger partial charge in [-0.3, -0.25) is 9.48 Å². The Morgan fingerprint density at radius 3 is 2.94 bits per heavy atom. The van der Waals surface area contributed by atoms with E-state index < -0.39 is 0 Å². The molecule has 0 aliphatic carbocycles. The first kappa shape index (κ1) is 12.6. The van der Waals surface area contributed by atoms with E-state index in [1.54, 1.807) is 20.2 Å². The third-order valence-electron chi connectivity index (χ3n) is 2.50. The molecule has 18 heavy (non-hydrogen) atoms. The predicted molar refractivity (Wildman–Crippen MR) is 65.4 cm³/mol. The Labute approximate surface area is 109 Å². The normalized spacial score (nSPS) is 10.6. The molecule has 0 bridgehead atoms. The molecule has 1 amide bonds. The maximum atomic E-state index is 11.9. The second-order valence-corrected chi connectivity index (χ2v) is 4.22. The van der Waals surface area contributed by atoms with E-state index in [0.717, 1.165) is 5.69 Å². The standard InChI is InChI=1S/C10H13ClN6O/c1-6-8(11)9(17(2)15-6)10(18)12-4-3-7-5-13-16-14-7/h5H,3-4H2,1-2H3,(H,12,18)(H,13,14,16). The summed E-state index contributed by atoms with van der Waals surface area (Å²) < 4.78 is 1.48. The van der Waals surface area contributed by atoms with Crippen LogP contribution >= 0.6 is 11.6 Å². The molecule has 0 aliphatic rings. The zero-order chi connectivity index (χ0) is 13.1. The number of aryl methyl sites for hydroxylation is 2. The number of hydrogen-bond donors (Lipinski definition) is 2. The molecule has 0 saturated heterocycles. The van der Waals surface area contributed by atoms with Crippen molar-refractivity contribution in [3.63, 3.8) is 0 Å². The van der Waals surface area contributed by atoms with Crippen LogP contribution < -0.4 is 5.32 Å². The third kappa shape index (κ3) is 2.51. The molecular weight excluding hydrogens is 256 g/mol. The van der Waals surface area contributed by atoms with Crippen molar-refractivity contribution in [2.75, 3.05) is 6.54 Å². The van der Waals surface area contributed by atoms with Crippen molar-refractivity contribution < 1.29 is 4.79 Å². The van der Waals surface area contributed by atoms with E-state index in [-0.39, 0.29) is 5.91 Å². The number of carbonyl (C=O) groups excluding carboxylic acids is 1. The van der Waals surface area contributed by atoms with Gasteiger partial charge in [0.25, 0.3) is 5.91 Å². The summed E-state index contributed by atoms with van der Waals surface area (Å²) in [6, 6.07) is 0. The Morgan fingerprint density at radius 1 is 1.61 bits per heavy atom. The lowest BCUT2D eigenvalue weighted by Gasteiger charge is -2.04. The van der Waals surface area contributed by atoms with Crippen molar-refractivity contribution in [3.05, 3.63) is 28.3 Å². The summed E-state index contributed by atoms with van der Waals surface area (Å²) in [5.41, 5.74) is 1.80. The van der Waals surface area contributed by atoms with Crippen molar-refractivity contribution >= 4 is 17.5 Å². The number of amides is 1. The fourth-order valence-electron chi connectivity index (χ4n) is 1.61. The smallest absolute Gasteiger partial charge is 0.271 e. The minimum absolute atomic E-state index is 0.244. The van der Waals surface area contributed by atoms with Crippen LogP contribution in [0.1, 0.15) is 21.9 Å². The first-order valence-corrected chi connectivity index (χ1v) is 5.79. The van der Waals surface area contributed by atoms with Crippen LogP contribution in [0.4, 0.5) is 0 Å². The monoisotopic (exact) mass is 268 g/mol. The van der Waals surface area contributed by atoms with Gasteiger partial charge in [-0.05, 0) is 6.92 Å². The van der Waals surface area contributed by atoms with Gasteiger partial charge in [-0.1, -0.05) is 11.6 Å². The average Bonchev–Trinajstić information content (AvgIpc) is 2.89. The number of halogens is 1. The Kier molecular flexibility index (Phi) is 3.61. The van der Waals surface area contributed by atoms with Crippen LogP contribution in [0, 0.1) is 6.92 Å². The SMILES string of the molecule is Cc1nn(C)c(C(=O)NCCc2cn[nH]n2)c1Cl. The van der Waals surface area contributed by atoms with Gasteiger partial charge in [0.15, 0.2) is 0 Å². The summed E-state index contributed by atoms with van der Waals surface area (Å²) in [7, 11) is 1.69. The van der Waals surface area contributed by atoms with E-state index in [1.807, 2.05) is 0 Å². The van der Waals surface area contributed by atoms with E-state index in [2.05, 4.69) is 25.8 Å². The van der Waals surface area contributed by atoms with Gasteiger partial charge in [0.05, 0.1) is 22.6 Å². The fourth-order valence-corrected chi connectivity index (χ4v) is 1.86. The molecule has 0 unspecified atom stereocenters. The van der Waals surface area contributed by atoms with E-state index in [0.29, 0.717) is 29.4 Å². The summed E-state index contributed by atoms with van der Waals surface area (Å²) in [5, 5.41) is 17.3. The molecule has 0 fully saturated rings. The lowest BCUT2D eigenvalue weighted by molar-refractivity contribution is 0.0945. The topological polar surface area (TPSA) is 88.5 Å². The molecule has 96 valence electrons. The molecule has 7 nitrogen and oxygen atoms in total. The van der Waals surface area contributed by atoms with Crippen LogP contribution in [0.2, 0.25) is 5.02 Å². The lowest BCUT2D eigenvalue weighted by atomic mass is 10.3. The maximum absolute atomic E-state index is 11.9. The van der Waals surface area contributed by atoms with Gasteiger partial charge in [0.1, 0.15) is 5.69 Å². The van der Waals surface area contributed by atoms with Crippen LogP contribution in [-0.4, -0.2) is 37.6 Å². The van der Waals surface area contributed by atoms with Crippen LogP contribution in [0.3, 0.4) is 0 Å². The molecule has 0 spiro atoms. The number of hydrogen-bond acceptors (Lipinski definition) is 4. The van der Waals surface area contributed by atoms with E-state index >= 15 is 0 Å². The highest BCUT2D eigenvalue weighted by Gasteiger charge is 2.18. The van der Waals surface area contributed by atoms with Gasteiger partial charge in [-0.2, -0.15) is 20.5 Å². The van der Waals surface area contributed by atoms with Gasteiger partial charge in [-0.25, -0.2) is 0 Å². The molecule has 0 aromatic carbocycles. The van der Waals surface area contributed by atoms with Gasteiger partial charge in [0, 0.05) is 20.0 Å². The Bertz CT molecular complexity index is 547. The summed E-state index contributed by atoms with van der Waals surface area (Å²) in [5.74, 6) is -0.244. The first-order valence-electron chi connectivity index (χ1n) is 5.41. The molecule has 0 saturated carbocycles. The zero-order valence-corrected chi connectivity index (χ0v) is 10.8. The molecule has 8 heteroatoms. The van der Waals surface area contributed by atoms with Crippen molar-refractivity contribution in [1.29, 1.82) is 0 Å². The second kappa shape index (κ2) is 5.18. The molecule has 2 N–H and O–H groups in total. The Hall–Kier alpha value is -1.89. The van der Waals surface area contributed by atoms with Crippen LogP contribution in [0.5, 0.6) is 0 Å². The number of carbonyl (C=O) groups is 1. The molecule has 0 atom stereocenters. The summed E-state index contributed by atoms with van der Waals surface area (Å²) in [4.78, 5) is 11.9. The number of aromatic amines is 1. The van der Waals surface area contributed by atoms with Crippen LogP contribution in [-0.2, 0) is 13.5 Å². The highest BCUT2D eigenvalue weighted by molar-refractivity contribution is 6.34. The van der Waals surface area contributed by atoms with Crippen molar-refractivity contribution in [3.8, 4) is 0 Å². The number of rotatable bonds is 4. The minimum atomic E-state index is -0.244. The Morgan fingerprint density at radius 2 is 2.39 bits per heavy atom. The van der Waals surface area contributed by atoms with Crippen LogP contribution in [0.25, 0.3) is 0 Å². The van der Waals surface area contributed by atoms with Gasteiger partial charge in [-0.15, -0.1) is 0 Å². The van der Waals surface area contributed by atoms with E-state index in [1.165, 1.54) is 4.68 Å². The molecule has 2 aromatic rings. The average molecular weight is 269 g/mol. The second-order valence-electron chi connectivity index (χ2n) is 3.84. The molecule has 2 rings (SSSR count). The van der Waals surface area contributed by atoms with Gasteiger partial charge >= 0.3 is 0 Å².